The standard InChI is InChI=1S/C24H26N4O3S/c1-31-17-11-12-19-18(14-17)21-22(26-19)23(30)28(24(32)27-21)13-7-3-6-10-20(29)25-15-16-8-4-2-5-9-16/h2,4-5,8-9,11-12,14,26H,3,6-7,10,13,15H2,1H3,(H,25,29)(H,27,32). The molecule has 4 rings (SSSR count). The maximum Gasteiger partial charge on any atom is 0.278 e. The van der Waals surface area contributed by atoms with E-state index in [0.29, 0.717) is 35.3 Å². The number of hydrogen-bond donors (Lipinski definition) is 3. The molecular weight excluding hydrogens is 424 g/mol. The number of nitrogens with zero attached hydrogens (tertiary/aromatic N) is 1. The summed E-state index contributed by atoms with van der Waals surface area (Å²) in [6.07, 6.45) is 2.84. The fourth-order valence-corrected chi connectivity index (χ4v) is 4.09. The van der Waals surface area contributed by atoms with E-state index >= 15 is 0 Å². The normalized spacial score (nSPS) is 11.2. The molecule has 0 aliphatic heterocycles. The molecule has 0 atom stereocenters. The van der Waals surface area contributed by atoms with Crippen molar-refractivity contribution in [1.29, 1.82) is 0 Å². The number of amides is 1. The number of aromatic nitrogens is 3. The third kappa shape index (κ3) is 4.75. The Bertz CT molecular complexity index is 1350. The van der Waals surface area contributed by atoms with E-state index < -0.39 is 0 Å². The Balaban J connectivity index is 1.34. The molecule has 0 aliphatic carbocycles. The highest BCUT2D eigenvalue weighted by molar-refractivity contribution is 7.71. The minimum Gasteiger partial charge on any atom is -0.497 e. The van der Waals surface area contributed by atoms with Gasteiger partial charge in [0.05, 0.1) is 12.6 Å². The van der Waals surface area contributed by atoms with Crippen molar-refractivity contribution in [2.75, 3.05) is 7.11 Å². The highest BCUT2D eigenvalue weighted by Gasteiger charge is 2.12. The van der Waals surface area contributed by atoms with Crippen LogP contribution in [0.25, 0.3) is 21.9 Å². The van der Waals surface area contributed by atoms with E-state index in [1.165, 1.54) is 0 Å². The number of hydrogen-bond acceptors (Lipinski definition) is 4. The van der Waals surface area contributed by atoms with Crippen LogP contribution < -0.4 is 15.6 Å². The second-order valence-corrected chi connectivity index (χ2v) is 8.13. The molecule has 1 amide bonds. The summed E-state index contributed by atoms with van der Waals surface area (Å²) in [6.45, 7) is 1.05. The van der Waals surface area contributed by atoms with Crippen LogP contribution in [0.4, 0.5) is 0 Å². The molecule has 2 aromatic carbocycles. The summed E-state index contributed by atoms with van der Waals surface area (Å²) < 4.78 is 7.27. The Morgan fingerprint density at radius 3 is 2.66 bits per heavy atom. The zero-order valence-corrected chi connectivity index (χ0v) is 18.8. The van der Waals surface area contributed by atoms with Gasteiger partial charge in [0.2, 0.25) is 5.91 Å². The van der Waals surface area contributed by atoms with Crippen LogP contribution in [-0.4, -0.2) is 27.6 Å². The quantitative estimate of drug-likeness (QED) is 0.260. The summed E-state index contributed by atoms with van der Waals surface area (Å²) in [7, 11) is 1.61. The predicted molar refractivity (Wildman–Crippen MR) is 129 cm³/mol. The topological polar surface area (TPSA) is 91.9 Å². The lowest BCUT2D eigenvalue weighted by Crippen LogP contribution is -2.23. The number of benzene rings is 2. The molecule has 0 spiro atoms. The number of rotatable bonds is 9. The Morgan fingerprint density at radius 1 is 1.06 bits per heavy atom. The van der Waals surface area contributed by atoms with Crippen LogP contribution in [0, 0.1) is 4.77 Å². The lowest BCUT2D eigenvalue weighted by molar-refractivity contribution is -0.121. The van der Waals surface area contributed by atoms with Gasteiger partial charge in [-0.25, -0.2) is 0 Å². The lowest BCUT2D eigenvalue weighted by Gasteiger charge is -2.07. The van der Waals surface area contributed by atoms with Crippen LogP contribution >= 0.6 is 12.2 Å². The zero-order valence-electron chi connectivity index (χ0n) is 17.9. The monoisotopic (exact) mass is 450 g/mol. The molecule has 7 nitrogen and oxygen atoms in total. The molecule has 0 saturated heterocycles. The number of fused-ring (bicyclic) bond motifs is 3. The van der Waals surface area contributed by atoms with E-state index in [9.17, 15) is 9.59 Å². The summed E-state index contributed by atoms with van der Waals surface area (Å²) >= 11 is 5.46. The van der Waals surface area contributed by atoms with Gasteiger partial charge in [0, 0.05) is 30.4 Å². The first kappa shape index (κ1) is 21.8. The molecule has 0 saturated carbocycles. The molecule has 3 N–H and O–H groups in total. The van der Waals surface area contributed by atoms with Crippen molar-refractivity contribution in [3.8, 4) is 5.75 Å². The molecule has 0 aliphatic rings. The van der Waals surface area contributed by atoms with Crippen molar-refractivity contribution in [2.24, 2.45) is 0 Å². The van der Waals surface area contributed by atoms with Gasteiger partial charge in [0.25, 0.3) is 5.56 Å². The average Bonchev–Trinajstić information content (AvgIpc) is 3.18. The van der Waals surface area contributed by atoms with E-state index in [2.05, 4.69) is 15.3 Å². The van der Waals surface area contributed by atoms with E-state index in [4.69, 9.17) is 17.0 Å². The summed E-state index contributed by atoms with van der Waals surface area (Å²) in [5.41, 5.74) is 2.99. The molecule has 0 unspecified atom stereocenters. The van der Waals surface area contributed by atoms with Gasteiger partial charge in [-0.3, -0.25) is 14.2 Å². The number of nitrogens with one attached hydrogen (secondary N) is 3. The third-order valence-electron chi connectivity index (χ3n) is 5.56. The maximum absolute atomic E-state index is 13.0. The second kappa shape index (κ2) is 9.82. The minimum atomic E-state index is -0.139. The van der Waals surface area contributed by atoms with Gasteiger partial charge in [-0.2, -0.15) is 0 Å². The van der Waals surface area contributed by atoms with Crippen molar-refractivity contribution in [1.82, 2.24) is 19.9 Å². The van der Waals surface area contributed by atoms with Crippen molar-refractivity contribution in [2.45, 2.75) is 38.8 Å². The van der Waals surface area contributed by atoms with Crippen molar-refractivity contribution < 1.29 is 9.53 Å². The number of ether oxygens (including phenoxy) is 1. The number of aromatic amines is 2. The van der Waals surface area contributed by atoms with E-state index in [-0.39, 0.29) is 11.5 Å². The number of methoxy groups -OCH3 is 1. The van der Waals surface area contributed by atoms with Gasteiger partial charge < -0.3 is 20.0 Å². The van der Waals surface area contributed by atoms with Crippen molar-refractivity contribution in [3.05, 3.63) is 69.2 Å². The predicted octanol–water partition coefficient (Wildman–Crippen LogP) is 4.43. The summed E-state index contributed by atoms with van der Waals surface area (Å²) in [6, 6.07) is 15.5. The number of unbranched alkanes of at least 4 members (excludes halogenated alkanes) is 2. The van der Waals surface area contributed by atoms with Gasteiger partial charge in [0.1, 0.15) is 11.3 Å². The van der Waals surface area contributed by atoms with Crippen LogP contribution in [0.3, 0.4) is 0 Å². The molecule has 2 heterocycles. The van der Waals surface area contributed by atoms with Crippen molar-refractivity contribution in [3.63, 3.8) is 0 Å². The Kier molecular flexibility index (Phi) is 6.70. The first-order chi connectivity index (χ1) is 15.6. The van der Waals surface area contributed by atoms with Crippen LogP contribution in [-0.2, 0) is 17.9 Å². The molecule has 166 valence electrons. The van der Waals surface area contributed by atoms with E-state index in [1.807, 2.05) is 48.5 Å². The Labute approximate surface area is 190 Å². The smallest absolute Gasteiger partial charge is 0.278 e. The van der Waals surface area contributed by atoms with Crippen LogP contribution in [0.15, 0.2) is 53.3 Å². The molecule has 8 heteroatoms. The molecular formula is C24H26N4O3S. The number of carbonyl (C=O) groups is 1. The van der Waals surface area contributed by atoms with Crippen LogP contribution in [0.1, 0.15) is 31.2 Å². The van der Waals surface area contributed by atoms with Gasteiger partial charge in [-0.05, 0) is 48.8 Å². The first-order valence-corrected chi connectivity index (χ1v) is 11.1. The van der Waals surface area contributed by atoms with E-state index in [1.54, 1.807) is 11.7 Å². The van der Waals surface area contributed by atoms with E-state index in [0.717, 1.165) is 41.5 Å². The molecule has 4 aromatic rings. The summed E-state index contributed by atoms with van der Waals surface area (Å²) in [4.78, 5) is 31.4. The average molecular weight is 451 g/mol. The van der Waals surface area contributed by atoms with Gasteiger partial charge in [-0.15, -0.1) is 0 Å². The minimum absolute atomic E-state index is 0.0400. The summed E-state index contributed by atoms with van der Waals surface area (Å²) in [5.74, 6) is 0.757. The van der Waals surface area contributed by atoms with Gasteiger partial charge in [0.15, 0.2) is 4.77 Å². The van der Waals surface area contributed by atoms with Crippen LogP contribution in [0.5, 0.6) is 5.75 Å². The maximum atomic E-state index is 13.0. The first-order valence-electron chi connectivity index (χ1n) is 10.7. The van der Waals surface area contributed by atoms with Crippen LogP contribution in [0.2, 0.25) is 0 Å². The molecule has 32 heavy (non-hydrogen) atoms. The fraction of sp³-hybridized carbons (Fsp3) is 0.292. The van der Waals surface area contributed by atoms with Gasteiger partial charge >= 0.3 is 0 Å². The summed E-state index contributed by atoms with van der Waals surface area (Å²) in [5, 5.41) is 3.81. The number of carbonyl (C=O) groups excluding carboxylic acids is 1. The Hall–Kier alpha value is -3.39. The highest BCUT2D eigenvalue weighted by Crippen LogP contribution is 2.25. The SMILES string of the molecule is COc1ccc2[nH]c3c(=O)n(CCCCCC(=O)NCc4ccccc4)c(=S)[nH]c3c2c1. The molecule has 2 aromatic heterocycles. The third-order valence-corrected chi connectivity index (χ3v) is 5.88. The zero-order chi connectivity index (χ0) is 22.5. The molecule has 0 radical (unpaired) electrons. The molecule has 0 fully saturated rings. The largest absolute Gasteiger partial charge is 0.497 e. The van der Waals surface area contributed by atoms with Crippen molar-refractivity contribution >= 4 is 40.1 Å². The number of H-pyrrole nitrogens is 2. The fourth-order valence-electron chi connectivity index (χ4n) is 3.81. The Morgan fingerprint density at radius 2 is 1.88 bits per heavy atom. The molecule has 0 bridgehead atoms. The lowest BCUT2D eigenvalue weighted by atomic mass is 10.1. The second-order valence-electron chi connectivity index (χ2n) is 7.75. The highest BCUT2D eigenvalue weighted by atomic mass is 32.1. The van der Waals surface area contributed by atoms with Gasteiger partial charge in [-0.1, -0.05) is 36.8 Å².